The molecule has 0 fully saturated rings. The van der Waals surface area contributed by atoms with Crippen molar-refractivity contribution in [2.75, 3.05) is 5.32 Å². The molecule has 1 atom stereocenters. The fraction of sp³-hybridized carbons (Fsp3) is 0.300. The Balaban J connectivity index is 2.08. The molecule has 0 saturated heterocycles. The molecule has 1 unspecified atom stereocenters. The number of aromatic nitrogens is 2. The summed E-state index contributed by atoms with van der Waals surface area (Å²) >= 11 is 1.78. The minimum Gasteiger partial charge on any atom is -0.375 e. The summed E-state index contributed by atoms with van der Waals surface area (Å²) in [5.41, 5.74) is 1.05. The lowest BCUT2D eigenvalue weighted by atomic mass is 10.2. The second-order valence-corrected chi connectivity index (χ2v) is 4.09. The molecule has 0 aliphatic carbocycles. The third-order valence-corrected chi connectivity index (χ3v) is 3.12. The van der Waals surface area contributed by atoms with E-state index < -0.39 is 0 Å². The average Bonchev–Trinajstić information content (AvgIpc) is 2.86. The van der Waals surface area contributed by atoms with Crippen molar-refractivity contribution in [1.29, 1.82) is 0 Å². The minimum absolute atomic E-state index is 0.396. The van der Waals surface area contributed by atoms with Gasteiger partial charge in [0.25, 0.3) is 0 Å². The number of H-pyrrole nitrogens is 1. The lowest BCUT2D eigenvalue weighted by Crippen LogP contribution is -2.07. The van der Waals surface area contributed by atoms with Crippen LogP contribution in [0.4, 0.5) is 5.69 Å². The van der Waals surface area contributed by atoms with Crippen molar-refractivity contribution in [2.24, 2.45) is 0 Å². The fourth-order valence-electron chi connectivity index (χ4n) is 1.39. The van der Waals surface area contributed by atoms with Crippen molar-refractivity contribution < 1.29 is 0 Å². The summed E-state index contributed by atoms with van der Waals surface area (Å²) in [7, 11) is 0. The lowest BCUT2D eigenvalue weighted by Gasteiger charge is -2.14. The van der Waals surface area contributed by atoms with Crippen LogP contribution in [0.1, 0.15) is 24.3 Å². The SMILES string of the molecule is CCC(Nc1cn[nH]c1)c1cccs1. The predicted molar refractivity (Wildman–Crippen MR) is 59.6 cm³/mol. The Morgan fingerprint density at radius 1 is 1.64 bits per heavy atom. The topological polar surface area (TPSA) is 40.7 Å². The Morgan fingerprint density at radius 3 is 3.14 bits per heavy atom. The molecule has 0 aromatic carbocycles. The van der Waals surface area contributed by atoms with E-state index in [2.05, 4.69) is 40.0 Å². The molecule has 0 spiro atoms. The second-order valence-electron chi connectivity index (χ2n) is 3.11. The van der Waals surface area contributed by atoms with Gasteiger partial charge >= 0.3 is 0 Å². The van der Waals surface area contributed by atoms with Gasteiger partial charge in [0.1, 0.15) is 0 Å². The van der Waals surface area contributed by atoms with Gasteiger partial charge in [-0.05, 0) is 17.9 Å². The first-order valence-corrected chi connectivity index (χ1v) is 5.57. The molecule has 14 heavy (non-hydrogen) atoms. The molecule has 0 radical (unpaired) electrons. The second kappa shape index (κ2) is 4.28. The number of rotatable bonds is 4. The van der Waals surface area contributed by atoms with E-state index in [9.17, 15) is 0 Å². The largest absolute Gasteiger partial charge is 0.375 e. The zero-order valence-corrected chi connectivity index (χ0v) is 8.84. The van der Waals surface area contributed by atoms with Crippen LogP contribution in [-0.4, -0.2) is 10.2 Å². The van der Waals surface area contributed by atoms with E-state index in [-0.39, 0.29) is 0 Å². The highest BCUT2D eigenvalue weighted by Crippen LogP contribution is 2.25. The maximum Gasteiger partial charge on any atom is 0.0728 e. The highest BCUT2D eigenvalue weighted by Gasteiger charge is 2.09. The van der Waals surface area contributed by atoms with E-state index in [1.807, 2.05) is 6.20 Å². The quantitative estimate of drug-likeness (QED) is 0.809. The summed E-state index contributed by atoms with van der Waals surface area (Å²) in [6.45, 7) is 2.18. The third-order valence-electron chi connectivity index (χ3n) is 2.13. The van der Waals surface area contributed by atoms with Crippen LogP contribution in [0.3, 0.4) is 0 Å². The molecule has 3 nitrogen and oxygen atoms in total. The van der Waals surface area contributed by atoms with E-state index >= 15 is 0 Å². The zero-order chi connectivity index (χ0) is 9.80. The van der Waals surface area contributed by atoms with Gasteiger partial charge in [0.15, 0.2) is 0 Å². The monoisotopic (exact) mass is 207 g/mol. The van der Waals surface area contributed by atoms with Crippen molar-refractivity contribution in [3.63, 3.8) is 0 Å². The zero-order valence-electron chi connectivity index (χ0n) is 8.03. The van der Waals surface area contributed by atoms with Crippen LogP contribution in [0.5, 0.6) is 0 Å². The molecule has 2 N–H and O–H groups in total. The van der Waals surface area contributed by atoms with E-state index in [4.69, 9.17) is 0 Å². The van der Waals surface area contributed by atoms with Gasteiger partial charge in [0.05, 0.1) is 17.9 Å². The molecule has 4 heteroatoms. The lowest BCUT2D eigenvalue weighted by molar-refractivity contribution is 0.764. The Hall–Kier alpha value is -1.29. The van der Waals surface area contributed by atoms with Gasteiger partial charge in [0, 0.05) is 11.1 Å². The van der Waals surface area contributed by atoms with Crippen molar-refractivity contribution in [3.8, 4) is 0 Å². The molecule has 0 amide bonds. The predicted octanol–water partition coefficient (Wildman–Crippen LogP) is 3.03. The summed E-state index contributed by atoms with van der Waals surface area (Å²) in [6.07, 6.45) is 4.75. The molecule has 2 aromatic heterocycles. The summed E-state index contributed by atoms with van der Waals surface area (Å²) < 4.78 is 0. The van der Waals surface area contributed by atoms with Gasteiger partial charge in [-0.3, -0.25) is 5.10 Å². The molecule has 0 saturated carbocycles. The number of hydrogen-bond acceptors (Lipinski definition) is 3. The molecule has 2 aromatic rings. The highest BCUT2D eigenvalue weighted by molar-refractivity contribution is 7.10. The summed E-state index contributed by atoms with van der Waals surface area (Å²) in [5, 5.41) is 12.2. The molecule has 0 bridgehead atoms. The molecule has 2 heterocycles. The summed E-state index contributed by atoms with van der Waals surface area (Å²) in [5.74, 6) is 0. The molecule has 2 rings (SSSR count). The number of aromatic amines is 1. The van der Waals surface area contributed by atoms with Crippen LogP contribution in [0.25, 0.3) is 0 Å². The number of hydrogen-bond donors (Lipinski definition) is 2. The molecule has 74 valence electrons. The Bertz CT molecular complexity index is 353. The molecule has 0 aliphatic heterocycles. The molecule has 0 aliphatic rings. The van der Waals surface area contributed by atoms with Crippen LogP contribution in [-0.2, 0) is 0 Å². The Kier molecular flexibility index (Phi) is 2.84. The van der Waals surface area contributed by atoms with E-state index in [0.29, 0.717) is 6.04 Å². The maximum atomic E-state index is 3.91. The van der Waals surface area contributed by atoms with Crippen LogP contribution in [0.15, 0.2) is 29.9 Å². The number of nitrogens with zero attached hydrogens (tertiary/aromatic N) is 1. The summed E-state index contributed by atoms with van der Waals surface area (Å²) in [6, 6.07) is 4.64. The first kappa shape index (κ1) is 9.27. The van der Waals surface area contributed by atoms with Crippen molar-refractivity contribution in [3.05, 3.63) is 34.8 Å². The van der Waals surface area contributed by atoms with E-state index in [1.165, 1.54) is 4.88 Å². The van der Waals surface area contributed by atoms with Gasteiger partial charge in [-0.2, -0.15) is 5.10 Å². The molecular formula is C10H13N3S. The number of anilines is 1. The first-order valence-electron chi connectivity index (χ1n) is 4.69. The van der Waals surface area contributed by atoms with Gasteiger partial charge in [0.2, 0.25) is 0 Å². The van der Waals surface area contributed by atoms with Gasteiger partial charge in [-0.1, -0.05) is 13.0 Å². The minimum atomic E-state index is 0.396. The Morgan fingerprint density at radius 2 is 2.57 bits per heavy atom. The first-order chi connectivity index (χ1) is 6.90. The van der Waals surface area contributed by atoms with Crippen LogP contribution in [0.2, 0.25) is 0 Å². The Labute approximate surface area is 87.2 Å². The van der Waals surface area contributed by atoms with Crippen LogP contribution < -0.4 is 5.32 Å². The standard InChI is InChI=1S/C10H13N3S/c1-2-9(10-4-3-5-14-10)13-8-6-11-12-7-8/h3-7,9,13H,2H2,1H3,(H,11,12). The third kappa shape index (κ3) is 1.96. The normalized spacial score (nSPS) is 12.6. The van der Waals surface area contributed by atoms with Gasteiger partial charge < -0.3 is 5.32 Å². The number of nitrogens with one attached hydrogen (secondary N) is 2. The van der Waals surface area contributed by atoms with E-state index in [1.54, 1.807) is 17.5 Å². The average molecular weight is 207 g/mol. The maximum absolute atomic E-state index is 3.91. The molecular weight excluding hydrogens is 194 g/mol. The smallest absolute Gasteiger partial charge is 0.0728 e. The summed E-state index contributed by atoms with van der Waals surface area (Å²) in [4.78, 5) is 1.37. The van der Waals surface area contributed by atoms with Gasteiger partial charge in [-0.25, -0.2) is 0 Å². The fourth-order valence-corrected chi connectivity index (χ4v) is 2.26. The van der Waals surface area contributed by atoms with Crippen molar-refractivity contribution in [1.82, 2.24) is 10.2 Å². The van der Waals surface area contributed by atoms with Crippen LogP contribution >= 0.6 is 11.3 Å². The van der Waals surface area contributed by atoms with Crippen LogP contribution in [0, 0.1) is 0 Å². The van der Waals surface area contributed by atoms with Crippen molar-refractivity contribution >= 4 is 17.0 Å². The van der Waals surface area contributed by atoms with Crippen molar-refractivity contribution in [2.45, 2.75) is 19.4 Å². The number of thiophene rings is 1. The van der Waals surface area contributed by atoms with Gasteiger partial charge in [-0.15, -0.1) is 11.3 Å². The highest BCUT2D eigenvalue weighted by atomic mass is 32.1. The van der Waals surface area contributed by atoms with E-state index in [0.717, 1.165) is 12.1 Å².